The second-order valence-corrected chi connectivity index (χ2v) is 8.77. The normalized spacial score (nSPS) is 18.2. The van der Waals surface area contributed by atoms with Crippen LogP contribution < -0.4 is 16.4 Å². The zero-order valence-electron chi connectivity index (χ0n) is 19.2. The molecule has 1 fully saturated rings. The van der Waals surface area contributed by atoms with Gasteiger partial charge in [-0.25, -0.2) is 9.78 Å². The van der Waals surface area contributed by atoms with Crippen molar-refractivity contribution in [1.29, 1.82) is 0 Å². The van der Waals surface area contributed by atoms with Crippen LogP contribution >= 0.6 is 0 Å². The van der Waals surface area contributed by atoms with Crippen molar-refractivity contribution >= 4 is 29.7 Å². The Morgan fingerprint density at radius 1 is 1.21 bits per heavy atom. The maximum Gasteiger partial charge on any atom is 0.326 e. The van der Waals surface area contributed by atoms with Gasteiger partial charge in [-0.3, -0.25) is 19.2 Å². The largest absolute Gasteiger partial charge is 0.481 e. The van der Waals surface area contributed by atoms with Crippen molar-refractivity contribution in [2.75, 3.05) is 6.54 Å². The van der Waals surface area contributed by atoms with Gasteiger partial charge in [-0.05, 0) is 25.2 Å². The first-order valence-electron chi connectivity index (χ1n) is 11.1. The molecule has 4 atom stereocenters. The number of aromatic nitrogens is 2. The first kappa shape index (κ1) is 26.8. The lowest BCUT2D eigenvalue weighted by molar-refractivity contribution is -0.147. The van der Waals surface area contributed by atoms with Crippen LogP contribution in [0.2, 0.25) is 0 Å². The molecule has 1 aromatic heterocycles. The number of carbonyl (C=O) groups excluding carboxylic acids is 3. The van der Waals surface area contributed by atoms with E-state index >= 15 is 0 Å². The second-order valence-electron chi connectivity index (χ2n) is 8.77. The highest BCUT2D eigenvalue weighted by Crippen LogP contribution is 2.20. The van der Waals surface area contributed by atoms with Crippen LogP contribution in [-0.2, 0) is 30.4 Å². The quantitative estimate of drug-likeness (QED) is 0.213. The molecule has 13 heteroatoms. The summed E-state index contributed by atoms with van der Waals surface area (Å²) in [6.45, 7) is 3.91. The van der Waals surface area contributed by atoms with Crippen molar-refractivity contribution in [1.82, 2.24) is 25.5 Å². The van der Waals surface area contributed by atoms with Crippen molar-refractivity contribution in [2.24, 2.45) is 11.7 Å². The number of nitrogens with one attached hydrogen (secondary N) is 3. The number of aromatic amines is 1. The smallest absolute Gasteiger partial charge is 0.326 e. The molecule has 0 spiro atoms. The number of rotatable bonds is 12. The van der Waals surface area contributed by atoms with Crippen LogP contribution in [0.4, 0.5) is 0 Å². The molecule has 0 bridgehead atoms. The minimum Gasteiger partial charge on any atom is -0.481 e. The maximum atomic E-state index is 13.1. The number of carboxylic acid groups (broad SMARTS) is 2. The van der Waals surface area contributed by atoms with E-state index in [1.54, 1.807) is 0 Å². The van der Waals surface area contributed by atoms with Gasteiger partial charge in [0.05, 0.1) is 18.8 Å². The first-order valence-corrected chi connectivity index (χ1v) is 11.1. The minimum absolute atomic E-state index is 0.0345. The van der Waals surface area contributed by atoms with Crippen LogP contribution in [0, 0.1) is 5.92 Å². The molecule has 34 heavy (non-hydrogen) atoms. The van der Waals surface area contributed by atoms with E-state index in [-0.39, 0.29) is 25.3 Å². The summed E-state index contributed by atoms with van der Waals surface area (Å²) in [6, 6.07) is -4.57. The molecule has 0 radical (unpaired) electrons. The van der Waals surface area contributed by atoms with Gasteiger partial charge in [0.25, 0.3) is 0 Å². The number of carbonyl (C=O) groups is 5. The Morgan fingerprint density at radius 3 is 2.47 bits per heavy atom. The summed E-state index contributed by atoms with van der Waals surface area (Å²) in [4.78, 5) is 69.2. The van der Waals surface area contributed by atoms with Crippen LogP contribution in [0.3, 0.4) is 0 Å². The van der Waals surface area contributed by atoms with Crippen LogP contribution in [0.25, 0.3) is 0 Å². The van der Waals surface area contributed by atoms with Crippen molar-refractivity contribution in [3.63, 3.8) is 0 Å². The summed E-state index contributed by atoms with van der Waals surface area (Å²) >= 11 is 0. The van der Waals surface area contributed by atoms with Gasteiger partial charge in [0.1, 0.15) is 18.1 Å². The molecule has 3 amide bonds. The number of carboxylic acids is 2. The average molecular weight is 481 g/mol. The molecule has 0 aromatic carbocycles. The van der Waals surface area contributed by atoms with Crippen LogP contribution in [-0.4, -0.2) is 85.5 Å². The number of nitrogens with zero attached hydrogens (tertiary/aromatic N) is 2. The Hall–Kier alpha value is -3.48. The molecule has 13 nitrogen and oxygen atoms in total. The molecule has 188 valence electrons. The van der Waals surface area contributed by atoms with E-state index in [1.165, 1.54) is 17.4 Å². The van der Waals surface area contributed by atoms with Crippen LogP contribution in [0.5, 0.6) is 0 Å². The standard InChI is InChI=1S/C21H32N6O7/c1-11(2)6-13(22)18(30)25-14(8-17(28)29)20(32)27-5-3-4-16(27)19(31)26-15(21(33)34)7-12-9-23-10-24-12/h9-11,13-16H,3-8,22H2,1-2H3,(H,23,24)(H,25,30)(H,26,31)(H,28,29)(H,33,34). The third kappa shape index (κ3) is 7.54. The van der Waals surface area contributed by atoms with E-state index in [1.807, 2.05) is 13.8 Å². The summed E-state index contributed by atoms with van der Waals surface area (Å²) in [5.41, 5.74) is 6.36. The molecule has 1 aliphatic heterocycles. The van der Waals surface area contributed by atoms with Crippen molar-refractivity contribution in [2.45, 2.75) is 70.1 Å². The number of aliphatic carboxylic acids is 2. The van der Waals surface area contributed by atoms with Gasteiger partial charge >= 0.3 is 11.9 Å². The van der Waals surface area contributed by atoms with Crippen LogP contribution in [0.15, 0.2) is 12.5 Å². The summed E-state index contributed by atoms with van der Waals surface area (Å²) in [5.74, 6) is -4.50. The van der Waals surface area contributed by atoms with Crippen molar-refractivity contribution in [3.8, 4) is 0 Å². The van der Waals surface area contributed by atoms with Gasteiger partial charge in [-0.1, -0.05) is 13.8 Å². The lowest BCUT2D eigenvalue weighted by Gasteiger charge is -2.29. The maximum absolute atomic E-state index is 13.1. The highest BCUT2D eigenvalue weighted by atomic mass is 16.4. The fraction of sp³-hybridized carbons (Fsp3) is 0.619. The monoisotopic (exact) mass is 480 g/mol. The molecule has 4 unspecified atom stereocenters. The first-order chi connectivity index (χ1) is 16.0. The van der Waals surface area contributed by atoms with E-state index < -0.39 is 60.2 Å². The summed E-state index contributed by atoms with van der Waals surface area (Å²) in [5, 5.41) is 23.6. The SMILES string of the molecule is CC(C)CC(N)C(=O)NC(CC(=O)O)C(=O)N1CCCC1C(=O)NC(Cc1cnc[nH]1)C(=O)O. The van der Waals surface area contributed by atoms with E-state index in [4.69, 9.17) is 5.73 Å². The Balaban J connectivity index is 2.11. The molecule has 0 saturated carbocycles. The van der Waals surface area contributed by atoms with E-state index in [2.05, 4.69) is 20.6 Å². The van der Waals surface area contributed by atoms with Gasteiger partial charge in [0.2, 0.25) is 17.7 Å². The third-order valence-corrected chi connectivity index (χ3v) is 5.49. The molecule has 1 saturated heterocycles. The van der Waals surface area contributed by atoms with Crippen LogP contribution in [0.1, 0.15) is 45.2 Å². The second kappa shape index (κ2) is 12.1. The number of imidazole rings is 1. The highest BCUT2D eigenvalue weighted by Gasteiger charge is 2.39. The van der Waals surface area contributed by atoms with E-state index in [9.17, 15) is 34.2 Å². The summed E-state index contributed by atoms with van der Waals surface area (Å²) in [6.07, 6.45) is 3.20. The Labute approximate surface area is 196 Å². The lowest BCUT2D eigenvalue weighted by atomic mass is 10.0. The Kier molecular flexibility index (Phi) is 9.54. The molecule has 1 aliphatic rings. The zero-order valence-corrected chi connectivity index (χ0v) is 19.2. The molecular weight excluding hydrogens is 448 g/mol. The number of hydrogen-bond donors (Lipinski definition) is 6. The van der Waals surface area contributed by atoms with Gasteiger partial charge < -0.3 is 36.5 Å². The van der Waals surface area contributed by atoms with E-state index in [0.717, 1.165) is 0 Å². The molecule has 2 rings (SSSR count). The zero-order chi connectivity index (χ0) is 25.4. The van der Waals surface area contributed by atoms with Crippen molar-refractivity contribution in [3.05, 3.63) is 18.2 Å². The van der Waals surface area contributed by atoms with Gasteiger partial charge in [-0.2, -0.15) is 0 Å². The third-order valence-electron chi connectivity index (χ3n) is 5.49. The Bertz CT molecular complexity index is 888. The number of likely N-dealkylation sites (tertiary alicyclic amines) is 1. The van der Waals surface area contributed by atoms with Gasteiger partial charge in [0, 0.05) is 24.9 Å². The number of nitrogens with two attached hydrogens (primary N) is 1. The average Bonchev–Trinajstić information content (AvgIpc) is 3.43. The fourth-order valence-corrected chi connectivity index (χ4v) is 3.86. The predicted molar refractivity (Wildman–Crippen MR) is 118 cm³/mol. The van der Waals surface area contributed by atoms with Gasteiger partial charge in [-0.15, -0.1) is 0 Å². The minimum atomic E-state index is -1.41. The number of amides is 3. The highest BCUT2D eigenvalue weighted by molar-refractivity contribution is 5.96. The molecule has 1 aromatic rings. The molecule has 0 aliphatic carbocycles. The Morgan fingerprint density at radius 2 is 1.91 bits per heavy atom. The fourth-order valence-electron chi connectivity index (χ4n) is 3.86. The molecule has 2 heterocycles. The summed E-state index contributed by atoms with van der Waals surface area (Å²) in [7, 11) is 0. The van der Waals surface area contributed by atoms with Crippen molar-refractivity contribution < 1.29 is 34.2 Å². The number of hydrogen-bond acceptors (Lipinski definition) is 7. The lowest BCUT2D eigenvalue weighted by Crippen LogP contribution is -2.57. The number of H-pyrrole nitrogens is 1. The topological polar surface area (TPSA) is 208 Å². The van der Waals surface area contributed by atoms with Gasteiger partial charge in [0.15, 0.2) is 0 Å². The molecule has 7 N–H and O–H groups in total. The predicted octanol–water partition coefficient (Wildman–Crippen LogP) is -1.15. The van der Waals surface area contributed by atoms with E-state index in [0.29, 0.717) is 18.5 Å². The molecular formula is C21H32N6O7. The summed E-state index contributed by atoms with van der Waals surface area (Å²) < 4.78 is 0.